The Morgan fingerprint density at radius 1 is 1.09 bits per heavy atom. The number of hydrogen-bond donors (Lipinski definition) is 3. The maximum absolute atomic E-state index is 14.0. The lowest BCUT2D eigenvalue weighted by Crippen LogP contribution is -2.61. The van der Waals surface area contributed by atoms with E-state index in [1.54, 1.807) is 4.90 Å². The van der Waals surface area contributed by atoms with Crippen molar-refractivity contribution in [1.29, 1.82) is 0 Å². The molecule has 0 bridgehead atoms. The number of nitrogen functional groups attached to an aromatic ring is 1. The fourth-order valence-electron chi connectivity index (χ4n) is 5.56. The van der Waals surface area contributed by atoms with Crippen molar-refractivity contribution in [1.82, 2.24) is 0 Å². The van der Waals surface area contributed by atoms with Crippen molar-refractivity contribution >= 4 is 23.3 Å². The first-order valence-corrected chi connectivity index (χ1v) is 12.1. The van der Waals surface area contributed by atoms with Gasteiger partial charge in [-0.05, 0) is 60.9 Å². The molecule has 6 heteroatoms. The van der Waals surface area contributed by atoms with E-state index in [0.717, 1.165) is 36.1 Å². The third-order valence-electron chi connectivity index (χ3n) is 7.56. The Bertz CT molecular complexity index is 984. The highest BCUT2D eigenvalue weighted by atomic mass is 16.4. The van der Waals surface area contributed by atoms with Crippen molar-refractivity contribution in [3.63, 3.8) is 0 Å². The molecule has 1 amide bonds. The number of fused-ring (bicyclic) bond motifs is 1. The van der Waals surface area contributed by atoms with E-state index in [4.69, 9.17) is 11.5 Å². The molecule has 1 saturated carbocycles. The van der Waals surface area contributed by atoms with Gasteiger partial charge >= 0.3 is 5.97 Å². The molecule has 176 valence electrons. The topological polar surface area (TPSA) is 110 Å². The summed E-state index contributed by atoms with van der Waals surface area (Å²) in [4.78, 5) is 28.1. The molecule has 2 aromatic rings. The minimum Gasteiger partial charge on any atom is -0.481 e. The normalized spacial score (nSPS) is 22.5. The molecule has 0 radical (unpaired) electrons. The highest BCUT2D eigenvalue weighted by Gasteiger charge is 2.49. The summed E-state index contributed by atoms with van der Waals surface area (Å²) >= 11 is 0. The lowest BCUT2D eigenvalue weighted by molar-refractivity contribution is -0.148. The van der Waals surface area contributed by atoms with Gasteiger partial charge in [-0.3, -0.25) is 9.59 Å². The summed E-state index contributed by atoms with van der Waals surface area (Å²) in [5.41, 5.74) is 14.6. The van der Waals surface area contributed by atoms with Gasteiger partial charge in [-0.25, -0.2) is 0 Å². The van der Waals surface area contributed by atoms with Crippen LogP contribution in [0.25, 0.3) is 0 Å². The van der Waals surface area contributed by atoms with Crippen LogP contribution in [0.15, 0.2) is 48.5 Å². The van der Waals surface area contributed by atoms with Crippen molar-refractivity contribution < 1.29 is 14.7 Å². The van der Waals surface area contributed by atoms with Crippen LogP contribution in [0, 0.1) is 11.8 Å². The maximum Gasteiger partial charge on any atom is 0.308 e. The Labute approximate surface area is 196 Å². The van der Waals surface area contributed by atoms with E-state index in [-0.39, 0.29) is 5.91 Å². The van der Waals surface area contributed by atoms with Gasteiger partial charge in [-0.2, -0.15) is 0 Å². The van der Waals surface area contributed by atoms with Gasteiger partial charge in [0.05, 0.1) is 12.5 Å². The second kappa shape index (κ2) is 9.96. The predicted octanol–water partition coefficient (Wildman–Crippen LogP) is 4.51. The lowest BCUT2D eigenvalue weighted by atomic mass is 9.75. The van der Waals surface area contributed by atoms with E-state index < -0.39 is 17.4 Å². The number of rotatable bonds is 7. The molecule has 0 unspecified atom stereocenters. The van der Waals surface area contributed by atoms with E-state index in [1.165, 1.54) is 19.3 Å². The fourth-order valence-corrected chi connectivity index (χ4v) is 5.56. The van der Waals surface area contributed by atoms with Gasteiger partial charge in [0.1, 0.15) is 5.54 Å². The number of aryl methyl sites for hydroxylation is 1. The largest absolute Gasteiger partial charge is 0.481 e. The number of nitrogens with zero attached hydrogens (tertiary/aromatic N) is 1. The van der Waals surface area contributed by atoms with E-state index >= 15 is 0 Å². The molecule has 1 aliphatic heterocycles. The first-order valence-electron chi connectivity index (χ1n) is 12.1. The molecule has 2 aromatic carbocycles. The third kappa shape index (κ3) is 5.06. The highest BCUT2D eigenvalue weighted by Crippen LogP contribution is 2.38. The zero-order chi connectivity index (χ0) is 23.4. The molecular weight excluding hydrogens is 414 g/mol. The molecule has 33 heavy (non-hydrogen) atoms. The quantitative estimate of drug-likeness (QED) is 0.539. The van der Waals surface area contributed by atoms with Gasteiger partial charge in [0.2, 0.25) is 5.91 Å². The fraction of sp³-hybridized carbons (Fsp3) is 0.481. The summed E-state index contributed by atoms with van der Waals surface area (Å²) in [6.07, 6.45) is 8.12. The molecule has 1 aliphatic carbocycles. The molecule has 0 aromatic heterocycles. The number of carboxylic acids is 1. The van der Waals surface area contributed by atoms with Crippen molar-refractivity contribution in [3.8, 4) is 0 Å². The van der Waals surface area contributed by atoms with E-state index in [0.29, 0.717) is 37.4 Å². The number of amides is 1. The maximum atomic E-state index is 14.0. The molecule has 4 rings (SSSR count). The number of para-hydroxylation sites is 1. The summed E-state index contributed by atoms with van der Waals surface area (Å²) < 4.78 is 0. The van der Waals surface area contributed by atoms with E-state index in [9.17, 15) is 14.7 Å². The number of carbonyl (C=O) groups excluding carboxylic acids is 1. The van der Waals surface area contributed by atoms with Crippen LogP contribution in [0.5, 0.6) is 0 Å². The number of anilines is 2. The summed E-state index contributed by atoms with van der Waals surface area (Å²) in [6, 6.07) is 15.2. The van der Waals surface area contributed by atoms with Crippen LogP contribution >= 0.6 is 0 Å². The first kappa shape index (κ1) is 23.3. The van der Waals surface area contributed by atoms with Crippen molar-refractivity contribution in [2.75, 3.05) is 10.6 Å². The molecule has 2 atom stereocenters. The van der Waals surface area contributed by atoms with Gasteiger partial charge in [0, 0.05) is 11.4 Å². The third-order valence-corrected chi connectivity index (χ3v) is 7.56. The van der Waals surface area contributed by atoms with Crippen LogP contribution in [-0.4, -0.2) is 22.5 Å². The monoisotopic (exact) mass is 449 g/mol. The number of carboxylic acid groups (broad SMARTS) is 1. The summed E-state index contributed by atoms with van der Waals surface area (Å²) in [7, 11) is 0. The molecule has 0 spiro atoms. The second-order valence-electron chi connectivity index (χ2n) is 9.77. The first-order chi connectivity index (χ1) is 15.9. The second-order valence-corrected chi connectivity index (χ2v) is 9.77. The zero-order valence-electron chi connectivity index (χ0n) is 19.2. The van der Waals surface area contributed by atoms with Crippen LogP contribution < -0.4 is 16.4 Å². The number of carbonyl (C=O) groups is 2. The van der Waals surface area contributed by atoms with Crippen molar-refractivity contribution in [2.24, 2.45) is 17.6 Å². The standard InChI is InChI=1S/C27H35N3O3/c28-22-13-10-20(11-14-22)18-30-24-9-5-4-8-21(24)16-17-27(29,26(30)33)23(25(31)32)15-12-19-6-2-1-3-7-19/h4-5,8-11,13-14,19,23H,1-3,6-7,12,15-18,28-29H2,(H,31,32)/t23-,27-/m1/s1. The minimum absolute atomic E-state index is 0.305. The Morgan fingerprint density at radius 3 is 2.48 bits per heavy atom. The van der Waals surface area contributed by atoms with Gasteiger partial charge in [0.25, 0.3) is 0 Å². The Hall–Kier alpha value is -2.86. The summed E-state index contributed by atoms with van der Waals surface area (Å²) in [5.74, 6) is -1.65. The van der Waals surface area contributed by atoms with Crippen molar-refractivity contribution in [2.45, 2.75) is 69.9 Å². The SMILES string of the molecule is Nc1ccc(CN2C(=O)[C@](N)([C@H](CCC3CCCCC3)C(=O)O)CCc3ccccc32)cc1. The Kier molecular flexibility index (Phi) is 7.03. The minimum atomic E-state index is -1.45. The summed E-state index contributed by atoms with van der Waals surface area (Å²) in [6.45, 7) is 0.323. The van der Waals surface area contributed by atoms with Crippen LogP contribution in [-0.2, 0) is 22.6 Å². The van der Waals surface area contributed by atoms with Crippen molar-refractivity contribution in [3.05, 3.63) is 59.7 Å². The molecule has 6 nitrogen and oxygen atoms in total. The average Bonchev–Trinajstić information content (AvgIpc) is 2.92. The van der Waals surface area contributed by atoms with Gasteiger partial charge in [-0.1, -0.05) is 62.4 Å². The zero-order valence-corrected chi connectivity index (χ0v) is 19.2. The molecule has 5 N–H and O–H groups in total. The van der Waals surface area contributed by atoms with Gasteiger partial charge < -0.3 is 21.5 Å². The average molecular weight is 450 g/mol. The van der Waals surface area contributed by atoms with Gasteiger partial charge in [0.15, 0.2) is 0 Å². The number of aliphatic carboxylic acids is 1. The lowest BCUT2D eigenvalue weighted by Gasteiger charge is -2.37. The molecular formula is C27H35N3O3. The predicted molar refractivity (Wildman–Crippen MR) is 131 cm³/mol. The summed E-state index contributed by atoms with van der Waals surface area (Å²) in [5, 5.41) is 10.2. The van der Waals surface area contributed by atoms with Crippen LogP contribution in [0.2, 0.25) is 0 Å². The number of nitrogens with two attached hydrogens (primary N) is 2. The molecule has 1 fully saturated rings. The van der Waals surface area contributed by atoms with E-state index in [1.807, 2.05) is 48.5 Å². The smallest absolute Gasteiger partial charge is 0.308 e. The van der Waals surface area contributed by atoms with E-state index in [2.05, 4.69) is 0 Å². The Balaban J connectivity index is 1.64. The number of benzene rings is 2. The molecule has 1 heterocycles. The molecule has 0 saturated heterocycles. The number of hydrogen-bond acceptors (Lipinski definition) is 4. The molecule has 2 aliphatic rings. The van der Waals surface area contributed by atoms with Crippen LogP contribution in [0.1, 0.15) is 62.5 Å². The van der Waals surface area contributed by atoms with Crippen LogP contribution in [0.4, 0.5) is 11.4 Å². The van der Waals surface area contributed by atoms with Gasteiger partial charge in [-0.15, -0.1) is 0 Å². The highest BCUT2D eigenvalue weighted by molar-refractivity contribution is 6.03. The van der Waals surface area contributed by atoms with Crippen LogP contribution in [0.3, 0.4) is 0 Å². The Morgan fingerprint density at radius 2 is 1.79 bits per heavy atom.